The molecule has 2 nitrogen and oxygen atoms in total. The largest absolute Gasteiger partial charge is 0.508 e. The van der Waals surface area contributed by atoms with Crippen LogP contribution in [0.4, 0.5) is 0 Å². The van der Waals surface area contributed by atoms with Crippen molar-refractivity contribution in [3.8, 4) is 5.75 Å². The highest BCUT2D eigenvalue weighted by molar-refractivity contribution is 9.10. The second kappa shape index (κ2) is 5.65. The maximum atomic E-state index is 11.8. The highest BCUT2D eigenvalue weighted by Crippen LogP contribution is 2.14. The molecule has 18 heavy (non-hydrogen) atoms. The van der Waals surface area contributed by atoms with Crippen molar-refractivity contribution in [2.75, 3.05) is 0 Å². The third-order valence-electron chi connectivity index (χ3n) is 2.43. The number of carbonyl (C=O) groups excluding carboxylic acids is 1. The van der Waals surface area contributed by atoms with Crippen molar-refractivity contribution < 1.29 is 9.90 Å². The van der Waals surface area contributed by atoms with Gasteiger partial charge >= 0.3 is 0 Å². The summed E-state index contributed by atoms with van der Waals surface area (Å²) >= 11 is 3.35. The molecule has 0 aliphatic heterocycles. The van der Waals surface area contributed by atoms with E-state index in [2.05, 4.69) is 15.9 Å². The van der Waals surface area contributed by atoms with Gasteiger partial charge in [-0.3, -0.25) is 4.79 Å². The van der Waals surface area contributed by atoms with E-state index in [0.29, 0.717) is 5.56 Å². The minimum atomic E-state index is -0.131. The monoisotopic (exact) mass is 302 g/mol. The zero-order chi connectivity index (χ0) is 13.0. The Morgan fingerprint density at radius 1 is 1.11 bits per heavy atom. The molecule has 0 aromatic heterocycles. The SMILES string of the molecule is O=C(/C=C\c1ccc(Br)cc1)c1cccc(O)c1. The molecule has 3 heteroatoms. The Balaban J connectivity index is 2.14. The molecule has 0 saturated heterocycles. The topological polar surface area (TPSA) is 37.3 Å². The summed E-state index contributed by atoms with van der Waals surface area (Å²) in [4.78, 5) is 11.8. The van der Waals surface area contributed by atoms with Crippen molar-refractivity contribution in [3.63, 3.8) is 0 Å². The molecule has 2 aromatic carbocycles. The first-order valence-electron chi connectivity index (χ1n) is 5.42. The Kier molecular flexibility index (Phi) is 3.95. The molecule has 1 N–H and O–H groups in total. The summed E-state index contributed by atoms with van der Waals surface area (Å²) in [6.45, 7) is 0. The van der Waals surface area contributed by atoms with Crippen LogP contribution in [0.3, 0.4) is 0 Å². The number of aromatic hydroxyl groups is 1. The lowest BCUT2D eigenvalue weighted by atomic mass is 10.1. The van der Waals surface area contributed by atoms with Gasteiger partial charge in [0.05, 0.1) is 0 Å². The van der Waals surface area contributed by atoms with E-state index in [-0.39, 0.29) is 11.5 Å². The molecule has 0 spiro atoms. The molecular formula is C15H11BrO2. The minimum absolute atomic E-state index is 0.0953. The number of hydrogen-bond acceptors (Lipinski definition) is 2. The van der Waals surface area contributed by atoms with Crippen molar-refractivity contribution >= 4 is 27.8 Å². The van der Waals surface area contributed by atoms with Gasteiger partial charge in [0.15, 0.2) is 5.78 Å². The Bertz CT molecular complexity index is 586. The Labute approximate surface area is 114 Å². The summed E-state index contributed by atoms with van der Waals surface area (Å²) in [6.07, 6.45) is 3.25. The summed E-state index contributed by atoms with van der Waals surface area (Å²) in [7, 11) is 0. The number of rotatable bonds is 3. The Morgan fingerprint density at radius 2 is 1.83 bits per heavy atom. The quantitative estimate of drug-likeness (QED) is 0.686. The molecule has 0 amide bonds. The highest BCUT2D eigenvalue weighted by atomic mass is 79.9. The first kappa shape index (κ1) is 12.6. The van der Waals surface area contributed by atoms with E-state index in [1.165, 1.54) is 18.2 Å². The minimum Gasteiger partial charge on any atom is -0.508 e. The van der Waals surface area contributed by atoms with Gasteiger partial charge in [0.2, 0.25) is 0 Å². The lowest BCUT2D eigenvalue weighted by Crippen LogP contribution is -1.93. The fourth-order valence-electron chi connectivity index (χ4n) is 1.50. The van der Waals surface area contributed by atoms with Crippen LogP contribution in [0.25, 0.3) is 6.08 Å². The lowest BCUT2D eigenvalue weighted by molar-refractivity contribution is 0.104. The van der Waals surface area contributed by atoms with Crippen LogP contribution in [0.2, 0.25) is 0 Å². The molecule has 2 aromatic rings. The third kappa shape index (κ3) is 3.31. The molecule has 0 bridgehead atoms. The predicted octanol–water partition coefficient (Wildman–Crippen LogP) is 4.05. The highest BCUT2D eigenvalue weighted by Gasteiger charge is 2.01. The predicted molar refractivity (Wildman–Crippen MR) is 75.6 cm³/mol. The number of allylic oxidation sites excluding steroid dienone is 1. The van der Waals surface area contributed by atoms with Gasteiger partial charge in [0, 0.05) is 10.0 Å². The van der Waals surface area contributed by atoms with E-state index < -0.39 is 0 Å². The van der Waals surface area contributed by atoms with Crippen LogP contribution >= 0.6 is 15.9 Å². The molecule has 2 rings (SSSR count). The van der Waals surface area contributed by atoms with Crippen LogP contribution in [-0.4, -0.2) is 10.9 Å². The van der Waals surface area contributed by atoms with E-state index >= 15 is 0 Å². The molecule has 0 heterocycles. The van der Waals surface area contributed by atoms with E-state index in [9.17, 15) is 9.90 Å². The van der Waals surface area contributed by atoms with Crippen molar-refractivity contribution in [1.82, 2.24) is 0 Å². The average molecular weight is 303 g/mol. The van der Waals surface area contributed by atoms with E-state index in [4.69, 9.17) is 0 Å². The van der Waals surface area contributed by atoms with Crippen molar-refractivity contribution in [1.29, 1.82) is 0 Å². The molecule has 90 valence electrons. The standard InChI is InChI=1S/C15H11BrO2/c16-13-7-4-11(5-8-13)6-9-15(18)12-2-1-3-14(17)10-12/h1-10,17H/b9-6-. The summed E-state index contributed by atoms with van der Waals surface area (Å²) in [5.41, 5.74) is 1.43. The number of ketones is 1. The summed E-state index contributed by atoms with van der Waals surface area (Å²) in [6, 6.07) is 14.0. The Morgan fingerprint density at radius 3 is 2.50 bits per heavy atom. The molecule has 0 aliphatic carbocycles. The van der Waals surface area contributed by atoms with Gasteiger partial charge in [0.25, 0.3) is 0 Å². The van der Waals surface area contributed by atoms with Gasteiger partial charge in [0.1, 0.15) is 5.75 Å². The van der Waals surface area contributed by atoms with Crippen molar-refractivity contribution in [3.05, 3.63) is 70.2 Å². The van der Waals surface area contributed by atoms with Gasteiger partial charge in [-0.2, -0.15) is 0 Å². The number of hydrogen-bond donors (Lipinski definition) is 1. The summed E-state index contributed by atoms with van der Waals surface area (Å²) in [5.74, 6) is -0.0355. The van der Waals surface area contributed by atoms with Gasteiger partial charge in [-0.05, 0) is 35.9 Å². The van der Waals surface area contributed by atoms with Crippen LogP contribution in [-0.2, 0) is 0 Å². The summed E-state index contributed by atoms with van der Waals surface area (Å²) in [5, 5.41) is 9.30. The van der Waals surface area contributed by atoms with Gasteiger partial charge in [-0.25, -0.2) is 0 Å². The van der Waals surface area contributed by atoms with Crippen molar-refractivity contribution in [2.45, 2.75) is 0 Å². The maximum absolute atomic E-state index is 11.8. The third-order valence-corrected chi connectivity index (χ3v) is 2.96. The zero-order valence-electron chi connectivity index (χ0n) is 9.51. The number of carbonyl (C=O) groups is 1. The number of phenolic OH excluding ortho intramolecular Hbond substituents is 1. The molecule has 0 atom stereocenters. The summed E-state index contributed by atoms with van der Waals surface area (Å²) < 4.78 is 0.999. The number of phenols is 1. The van der Waals surface area contributed by atoms with Gasteiger partial charge < -0.3 is 5.11 Å². The first-order chi connectivity index (χ1) is 8.65. The first-order valence-corrected chi connectivity index (χ1v) is 6.21. The lowest BCUT2D eigenvalue weighted by Gasteiger charge is -1.97. The molecule has 0 fully saturated rings. The van der Waals surface area contributed by atoms with Gasteiger partial charge in [-0.15, -0.1) is 0 Å². The second-order valence-electron chi connectivity index (χ2n) is 3.80. The van der Waals surface area contributed by atoms with Gasteiger partial charge in [-0.1, -0.05) is 46.3 Å². The van der Waals surface area contributed by atoms with E-state index in [1.54, 1.807) is 18.2 Å². The van der Waals surface area contributed by atoms with Crippen LogP contribution in [0.5, 0.6) is 5.75 Å². The number of halogens is 1. The molecule has 0 aliphatic rings. The van der Waals surface area contributed by atoms with Crippen LogP contribution in [0, 0.1) is 0 Å². The van der Waals surface area contributed by atoms with Crippen LogP contribution < -0.4 is 0 Å². The number of benzene rings is 2. The molecular weight excluding hydrogens is 292 g/mol. The molecule has 0 saturated carbocycles. The van der Waals surface area contributed by atoms with Crippen LogP contribution in [0.1, 0.15) is 15.9 Å². The fourth-order valence-corrected chi connectivity index (χ4v) is 1.77. The Hall–Kier alpha value is -1.87. The maximum Gasteiger partial charge on any atom is 0.185 e. The van der Waals surface area contributed by atoms with E-state index in [1.807, 2.05) is 24.3 Å². The van der Waals surface area contributed by atoms with Crippen LogP contribution in [0.15, 0.2) is 59.1 Å². The zero-order valence-corrected chi connectivity index (χ0v) is 11.1. The molecule has 0 radical (unpaired) electrons. The average Bonchev–Trinajstić information content (AvgIpc) is 2.38. The normalized spacial score (nSPS) is 10.7. The fraction of sp³-hybridized carbons (Fsp3) is 0. The molecule has 0 unspecified atom stereocenters. The van der Waals surface area contributed by atoms with E-state index in [0.717, 1.165) is 10.0 Å². The smallest absolute Gasteiger partial charge is 0.185 e. The second-order valence-corrected chi connectivity index (χ2v) is 4.72. The van der Waals surface area contributed by atoms with Crippen molar-refractivity contribution in [2.24, 2.45) is 0 Å².